The summed E-state index contributed by atoms with van der Waals surface area (Å²) in [4.78, 5) is 20.1. The molecule has 0 bridgehead atoms. The average molecular weight is 491 g/mol. The number of aromatic nitrogens is 1. The predicted molar refractivity (Wildman–Crippen MR) is 128 cm³/mol. The van der Waals surface area contributed by atoms with E-state index in [1.807, 2.05) is 6.07 Å². The van der Waals surface area contributed by atoms with Crippen LogP contribution in [0.1, 0.15) is 30.1 Å². The van der Waals surface area contributed by atoms with E-state index in [-0.39, 0.29) is 22.7 Å². The second kappa shape index (κ2) is 9.66. The van der Waals surface area contributed by atoms with E-state index >= 15 is 0 Å². The molecule has 1 fully saturated rings. The van der Waals surface area contributed by atoms with Crippen molar-refractivity contribution in [3.8, 4) is 11.5 Å². The predicted octanol–water partition coefficient (Wildman–Crippen LogP) is 3.93. The summed E-state index contributed by atoms with van der Waals surface area (Å²) in [5.74, 6) is 0.962. The molecule has 1 aromatic heterocycles. The molecule has 0 N–H and O–H groups in total. The van der Waals surface area contributed by atoms with Crippen molar-refractivity contribution < 1.29 is 27.4 Å². The Morgan fingerprint density at radius 1 is 1.15 bits per heavy atom. The van der Waals surface area contributed by atoms with E-state index in [1.54, 1.807) is 44.2 Å². The lowest BCUT2D eigenvalue weighted by molar-refractivity contribution is 0.0917. The zero-order valence-corrected chi connectivity index (χ0v) is 20.4. The van der Waals surface area contributed by atoms with E-state index in [0.29, 0.717) is 40.9 Å². The van der Waals surface area contributed by atoms with Gasteiger partial charge in [0.2, 0.25) is 0 Å². The number of carbonyl (C=O) groups is 1. The van der Waals surface area contributed by atoms with Gasteiger partial charge in [0.1, 0.15) is 21.7 Å². The summed E-state index contributed by atoms with van der Waals surface area (Å²) in [6.45, 7) is 2.60. The highest BCUT2D eigenvalue weighted by molar-refractivity contribution is 7.91. The van der Waals surface area contributed by atoms with Crippen molar-refractivity contribution >= 4 is 42.4 Å². The molecule has 33 heavy (non-hydrogen) atoms. The number of rotatable bonds is 8. The van der Waals surface area contributed by atoms with Gasteiger partial charge in [0.25, 0.3) is 5.91 Å². The Hall–Kier alpha value is -2.69. The molecule has 0 radical (unpaired) electrons. The normalized spacial score (nSPS) is 16.2. The van der Waals surface area contributed by atoms with Crippen LogP contribution in [0.25, 0.3) is 10.2 Å². The van der Waals surface area contributed by atoms with Gasteiger partial charge in [0.05, 0.1) is 37.5 Å². The number of hydrogen-bond donors (Lipinski definition) is 0. The van der Waals surface area contributed by atoms with Crippen LogP contribution in [0.3, 0.4) is 0 Å². The van der Waals surface area contributed by atoms with Crippen LogP contribution in [0.15, 0.2) is 41.3 Å². The number of methoxy groups -OCH3 is 2. The number of nitrogens with zero attached hydrogens (tertiary/aromatic N) is 2. The molecule has 8 nitrogen and oxygen atoms in total. The quantitative estimate of drug-likeness (QED) is 0.472. The lowest BCUT2D eigenvalue weighted by atomic mass is 10.2. The van der Waals surface area contributed by atoms with Gasteiger partial charge >= 0.3 is 0 Å². The largest absolute Gasteiger partial charge is 0.495 e. The number of ether oxygens (including phenoxy) is 3. The highest BCUT2D eigenvalue weighted by Crippen LogP contribution is 2.40. The van der Waals surface area contributed by atoms with Crippen LogP contribution in [-0.4, -0.2) is 58.5 Å². The number of hydrogen-bond acceptors (Lipinski definition) is 8. The van der Waals surface area contributed by atoms with Crippen molar-refractivity contribution in [3.63, 3.8) is 0 Å². The molecule has 0 aliphatic carbocycles. The van der Waals surface area contributed by atoms with E-state index in [9.17, 15) is 13.2 Å². The molecular weight excluding hydrogens is 464 g/mol. The van der Waals surface area contributed by atoms with Gasteiger partial charge in [-0.25, -0.2) is 13.4 Å². The van der Waals surface area contributed by atoms with Crippen molar-refractivity contribution in [1.29, 1.82) is 0 Å². The van der Waals surface area contributed by atoms with E-state index in [0.717, 1.165) is 17.5 Å². The summed E-state index contributed by atoms with van der Waals surface area (Å²) in [5.41, 5.74) is 0.993. The smallest absolute Gasteiger partial charge is 0.260 e. The number of benzene rings is 2. The summed E-state index contributed by atoms with van der Waals surface area (Å²) in [6.07, 6.45) is 1.71. The maximum atomic E-state index is 13.6. The molecule has 2 heterocycles. The van der Waals surface area contributed by atoms with Crippen LogP contribution >= 0.6 is 11.3 Å². The van der Waals surface area contributed by atoms with E-state index < -0.39 is 9.84 Å². The van der Waals surface area contributed by atoms with Crippen molar-refractivity contribution in [2.45, 2.75) is 30.8 Å². The van der Waals surface area contributed by atoms with E-state index in [2.05, 4.69) is 0 Å². The number of carbonyl (C=O) groups excluding carboxylic acids is 1. The van der Waals surface area contributed by atoms with E-state index in [4.69, 9.17) is 19.2 Å². The van der Waals surface area contributed by atoms with Gasteiger partial charge in [-0.3, -0.25) is 9.69 Å². The molecule has 1 atom stereocenters. The Balaban J connectivity index is 1.75. The molecule has 1 amide bonds. The molecule has 1 unspecified atom stereocenters. The SMILES string of the molecule is CCS(=O)(=O)c1ccc(C(=O)N(CC2CCCO2)c2nc3c(OC)ccc(OC)c3s2)cc1. The molecule has 2 aromatic carbocycles. The molecule has 1 aliphatic heterocycles. The number of fused-ring (bicyclic) bond motifs is 1. The highest BCUT2D eigenvalue weighted by atomic mass is 32.2. The summed E-state index contributed by atoms with van der Waals surface area (Å²) in [6, 6.07) is 9.62. The third-order valence-electron chi connectivity index (χ3n) is 5.63. The zero-order valence-electron chi connectivity index (χ0n) is 18.7. The van der Waals surface area contributed by atoms with Gasteiger partial charge in [-0.05, 0) is 49.2 Å². The topological polar surface area (TPSA) is 95.0 Å². The molecule has 1 saturated heterocycles. The zero-order chi connectivity index (χ0) is 23.6. The summed E-state index contributed by atoms with van der Waals surface area (Å²) in [5, 5.41) is 0.499. The Bertz CT molecular complexity index is 1210. The van der Waals surface area contributed by atoms with Crippen molar-refractivity contribution in [3.05, 3.63) is 42.0 Å². The van der Waals surface area contributed by atoms with E-state index in [1.165, 1.54) is 23.5 Å². The Morgan fingerprint density at radius 3 is 2.45 bits per heavy atom. The number of amides is 1. The minimum absolute atomic E-state index is 0.000801. The van der Waals surface area contributed by atoms with Crippen LogP contribution in [-0.2, 0) is 14.6 Å². The minimum atomic E-state index is -3.35. The molecule has 0 saturated carbocycles. The van der Waals surface area contributed by atoms with Crippen molar-refractivity contribution in [2.24, 2.45) is 0 Å². The van der Waals surface area contributed by atoms with Crippen LogP contribution in [0.4, 0.5) is 5.13 Å². The molecule has 4 rings (SSSR count). The molecular formula is C23H26N2O6S2. The molecule has 176 valence electrons. The van der Waals surface area contributed by atoms with Crippen molar-refractivity contribution in [1.82, 2.24) is 4.98 Å². The minimum Gasteiger partial charge on any atom is -0.495 e. The monoisotopic (exact) mass is 490 g/mol. The first-order chi connectivity index (χ1) is 15.9. The van der Waals surface area contributed by atoms with Crippen LogP contribution < -0.4 is 14.4 Å². The summed E-state index contributed by atoms with van der Waals surface area (Å²) in [7, 11) is -0.191. The van der Waals surface area contributed by atoms with Crippen LogP contribution in [0, 0.1) is 0 Å². The third kappa shape index (κ3) is 4.68. The summed E-state index contributed by atoms with van der Waals surface area (Å²) < 4.78 is 41.8. The average Bonchev–Trinajstić information content (AvgIpc) is 3.51. The lowest BCUT2D eigenvalue weighted by Gasteiger charge is -2.23. The van der Waals surface area contributed by atoms with Gasteiger partial charge in [-0.15, -0.1) is 0 Å². The Kier molecular flexibility index (Phi) is 6.87. The number of anilines is 1. The molecule has 3 aromatic rings. The molecule has 10 heteroatoms. The summed E-state index contributed by atoms with van der Waals surface area (Å²) >= 11 is 1.34. The maximum Gasteiger partial charge on any atom is 0.260 e. The standard InChI is InChI=1S/C23H26N2O6S2/c1-4-33(27,28)17-9-7-15(8-10-17)22(26)25(14-16-6-5-13-31-16)23-24-20-18(29-2)11-12-19(30-3)21(20)32-23/h7-12,16H,4-6,13-14H2,1-3H3. The fraction of sp³-hybridized carbons (Fsp3) is 0.391. The van der Waals surface area contributed by atoms with Crippen LogP contribution in [0.2, 0.25) is 0 Å². The fourth-order valence-electron chi connectivity index (χ4n) is 3.76. The third-order valence-corrected chi connectivity index (χ3v) is 8.47. The second-order valence-electron chi connectivity index (χ2n) is 7.62. The molecule has 1 aliphatic rings. The maximum absolute atomic E-state index is 13.6. The lowest BCUT2D eigenvalue weighted by Crippen LogP contribution is -2.37. The number of thiazole rings is 1. The first-order valence-electron chi connectivity index (χ1n) is 10.7. The van der Waals surface area contributed by atoms with Gasteiger partial charge in [0, 0.05) is 12.2 Å². The van der Waals surface area contributed by atoms with Gasteiger partial charge < -0.3 is 14.2 Å². The Morgan fingerprint density at radius 2 is 1.85 bits per heavy atom. The second-order valence-corrected chi connectivity index (χ2v) is 10.9. The van der Waals surface area contributed by atoms with Gasteiger partial charge in [0.15, 0.2) is 15.0 Å². The fourth-order valence-corrected chi connectivity index (χ4v) is 5.72. The van der Waals surface area contributed by atoms with Crippen molar-refractivity contribution in [2.75, 3.05) is 38.0 Å². The van der Waals surface area contributed by atoms with Gasteiger partial charge in [-0.1, -0.05) is 18.3 Å². The van der Waals surface area contributed by atoms with Gasteiger partial charge in [-0.2, -0.15) is 0 Å². The Labute approximate surface area is 197 Å². The first kappa shape index (κ1) is 23.5. The first-order valence-corrected chi connectivity index (χ1v) is 13.1. The highest BCUT2D eigenvalue weighted by Gasteiger charge is 2.28. The van der Waals surface area contributed by atoms with Crippen LogP contribution in [0.5, 0.6) is 11.5 Å². The molecule has 0 spiro atoms. The number of sulfone groups is 1.